The van der Waals surface area contributed by atoms with Gasteiger partial charge in [-0.25, -0.2) is 4.98 Å². The van der Waals surface area contributed by atoms with E-state index in [2.05, 4.69) is 27.3 Å². The van der Waals surface area contributed by atoms with Gasteiger partial charge in [0.25, 0.3) is 0 Å². The Hall–Kier alpha value is -3.74. The summed E-state index contributed by atoms with van der Waals surface area (Å²) in [6, 6.07) is 16.0. The number of nitrogens with one attached hydrogen (secondary N) is 1. The third kappa shape index (κ3) is 4.64. The van der Waals surface area contributed by atoms with Gasteiger partial charge < -0.3 is 24.4 Å². The number of amides is 1. The van der Waals surface area contributed by atoms with Crippen molar-refractivity contribution in [1.82, 2.24) is 4.98 Å². The summed E-state index contributed by atoms with van der Waals surface area (Å²) in [6.07, 6.45) is 1.43. The molecule has 1 N–H and O–H groups in total. The predicted octanol–water partition coefficient (Wildman–Crippen LogP) is 5.06. The van der Waals surface area contributed by atoms with Gasteiger partial charge in [0.15, 0.2) is 11.5 Å². The highest BCUT2D eigenvalue weighted by Crippen LogP contribution is 2.41. The third-order valence-corrected chi connectivity index (χ3v) is 6.36. The summed E-state index contributed by atoms with van der Waals surface area (Å²) >= 11 is 0. The lowest BCUT2D eigenvalue weighted by Crippen LogP contribution is -2.32. The molecule has 0 spiro atoms. The summed E-state index contributed by atoms with van der Waals surface area (Å²) in [5, 5.41) is 3.07. The molecule has 178 valence electrons. The second-order valence-corrected chi connectivity index (χ2v) is 8.45. The number of aryl methyl sites for hydroxylation is 3. The Morgan fingerprint density at radius 3 is 2.38 bits per heavy atom. The van der Waals surface area contributed by atoms with Crippen LogP contribution in [0.25, 0.3) is 0 Å². The Morgan fingerprint density at radius 2 is 1.71 bits per heavy atom. The van der Waals surface area contributed by atoms with Gasteiger partial charge in [0, 0.05) is 29.7 Å². The number of methoxy groups -OCH3 is 3. The molecule has 2 aromatic carbocycles. The fourth-order valence-electron chi connectivity index (χ4n) is 4.33. The third-order valence-electron chi connectivity index (χ3n) is 6.36. The van der Waals surface area contributed by atoms with Crippen molar-refractivity contribution in [1.29, 1.82) is 0 Å². The molecule has 1 aliphatic rings. The van der Waals surface area contributed by atoms with Crippen molar-refractivity contribution in [2.24, 2.45) is 5.92 Å². The van der Waals surface area contributed by atoms with Gasteiger partial charge >= 0.3 is 0 Å². The number of benzene rings is 2. The Balaban J connectivity index is 1.69. The molecule has 1 aliphatic heterocycles. The van der Waals surface area contributed by atoms with E-state index in [9.17, 15) is 4.79 Å². The topological polar surface area (TPSA) is 72.9 Å². The zero-order valence-electron chi connectivity index (χ0n) is 20.3. The zero-order chi connectivity index (χ0) is 24.2. The van der Waals surface area contributed by atoms with E-state index >= 15 is 0 Å². The molecule has 1 atom stereocenters. The van der Waals surface area contributed by atoms with Crippen molar-refractivity contribution < 1.29 is 19.0 Å². The number of aromatic nitrogens is 1. The highest BCUT2D eigenvalue weighted by atomic mass is 16.5. The summed E-state index contributed by atoms with van der Waals surface area (Å²) in [7, 11) is 4.83. The quantitative estimate of drug-likeness (QED) is 0.553. The summed E-state index contributed by atoms with van der Waals surface area (Å²) in [5.41, 5.74) is 5.60. The van der Waals surface area contributed by atoms with Crippen LogP contribution in [0.2, 0.25) is 0 Å². The Kier molecular flexibility index (Phi) is 6.91. The van der Waals surface area contributed by atoms with Crippen LogP contribution in [0.1, 0.15) is 23.2 Å². The predicted molar refractivity (Wildman–Crippen MR) is 134 cm³/mol. The number of para-hydroxylation sites is 1. The summed E-state index contributed by atoms with van der Waals surface area (Å²) in [6.45, 7) is 4.42. The normalized spacial score (nSPS) is 15.2. The smallest absolute Gasteiger partial charge is 0.237 e. The van der Waals surface area contributed by atoms with Crippen LogP contribution in [-0.2, 0) is 11.2 Å². The SMILES string of the molecule is COc1cc2c(cc1OC)N(c1ccccc1)CC(C(=O)Nc1cc(C)c(C)nc1OC)CC2. The van der Waals surface area contributed by atoms with E-state index in [1.54, 1.807) is 21.3 Å². The van der Waals surface area contributed by atoms with Crippen LogP contribution in [0.5, 0.6) is 17.4 Å². The number of pyridine rings is 1. The summed E-state index contributed by atoms with van der Waals surface area (Å²) in [4.78, 5) is 20.1. The first-order valence-corrected chi connectivity index (χ1v) is 11.4. The number of ether oxygens (including phenoxy) is 3. The van der Waals surface area contributed by atoms with E-state index in [1.165, 1.54) is 0 Å². The van der Waals surface area contributed by atoms with Gasteiger partial charge in [0.1, 0.15) is 5.69 Å². The van der Waals surface area contributed by atoms with Gasteiger partial charge in [-0.2, -0.15) is 0 Å². The number of rotatable bonds is 6. The molecular formula is C27H31N3O4. The number of hydrogen-bond acceptors (Lipinski definition) is 6. The molecule has 34 heavy (non-hydrogen) atoms. The van der Waals surface area contributed by atoms with Gasteiger partial charge in [-0.05, 0) is 62.1 Å². The molecule has 1 aromatic heterocycles. The summed E-state index contributed by atoms with van der Waals surface area (Å²) in [5.74, 6) is 1.45. The molecular weight excluding hydrogens is 430 g/mol. The number of carbonyl (C=O) groups is 1. The van der Waals surface area contributed by atoms with Crippen LogP contribution < -0.4 is 24.4 Å². The molecule has 1 amide bonds. The molecule has 0 saturated carbocycles. The fourth-order valence-corrected chi connectivity index (χ4v) is 4.33. The molecule has 7 nitrogen and oxygen atoms in total. The molecule has 2 heterocycles. The minimum atomic E-state index is -0.254. The maximum atomic E-state index is 13.5. The summed E-state index contributed by atoms with van der Waals surface area (Å²) < 4.78 is 16.5. The van der Waals surface area contributed by atoms with Crippen LogP contribution in [0.3, 0.4) is 0 Å². The molecule has 0 saturated heterocycles. The average Bonchev–Trinajstić information content (AvgIpc) is 3.05. The first-order valence-electron chi connectivity index (χ1n) is 11.4. The van der Waals surface area contributed by atoms with E-state index in [-0.39, 0.29) is 11.8 Å². The van der Waals surface area contributed by atoms with Crippen molar-refractivity contribution in [2.45, 2.75) is 26.7 Å². The molecule has 3 aromatic rings. The standard InChI is InChI=1S/C27H31N3O4/c1-17-13-22(27(34-5)28-18(17)2)29-26(31)20-12-11-19-14-24(32-3)25(33-4)15-23(19)30(16-20)21-9-7-6-8-10-21/h6-10,13-15,20H,11-12,16H2,1-5H3,(H,29,31). The molecule has 0 aliphatic carbocycles. The van der Waals surface area contributed by atoms with Gasteiger partial charge in [0.05, 0.1) is 27.2 Å². The lowest BCUT2D eigenvalue weighted by molar-refractivity contribution is -0.119. The lowest BCUT2D eigenvalue weighted by atomic mass is 9.99. The number of anilines is 3. The minimum absolute atomic E-state index is 0.0592. The van der Waals surface area contributed by atoms with Crippen LogP contribution in [0, 0.1) is 19.8 Å². The molecule has 0 fully saturated rings. The van der Waals surface area contributed by atoms with E-state index in [1.807, 2.05) is 50.2 Å². The molecule has 0 radical (unpaired) electrons. The number of hydrogen-bond donors (Lipinski definition) is 1. The van der Waals surface area contributed by atoms with Crippen LogP contribution >= 0.6 is 0 Å². The van der Waals surface area contributed by atoms with Crippen molar-refractivity contribution >= 4 is 23.0 Å². The van der Waals surface area contributed by atoms with Crippen LogP contribution in [0.15, 0.2) is 48.5 Å². The van der Waals surface area contributed by atoms with Crippen molar-refractivity contribution in [3.63, 3.8) is 0 Å². The number of fused-ring (bicyclic) bond motifs is 1. The second kappa shape index (κ2) is 10.0. The highest BCUT2D eigenvalue weighted by molar-refractivity contribution is 5.94. The van der Waals surface area contributed by atoms with Gasteiger partial charge in [-0.3, -0.25) is 4.79 Å². The van der Waals surface area contributed by atoms with Gasteiger partial charge in [-0.15, -0.1) is 0 Å². The number of carbonyl (C=O) groups excluding carboxylic acids is 1. The average molecular weight is 462 g/mol. The molecule has 1 unspecified atom stereocenters. The second-order valence-electron chi connectivity index (χ2n) is 8.45. The van der Waals surface area contributed by atoms with Gasteiger partial charge in [0.2, 0.25) is 11.8 Å². The van der Waals surface area contributed by atoms with E-state index in [0.29, 0.717) is 36.0 Å². The molecule has 4 rings (SSSR count). The van der Waals surface area contributed by atoms with E-state index in [0.717, 1.165) is 34.6 Å². The van der Waals surface area contributed by atoms with Crippen molar-refractivity contribution in [3.8, 4) is 17.4 Å². The minimum Gasteiger partial charge on any atom is -0.493 e. The van der Waals surface area contributed by atoms with Crippen molar-refractivity contribution in [3.05, 3.63) is 65.4 Å². The maximum Gasteiger partial charge on any atom is 0.237 e. The molecule has 0 bridgehead atoms. The lowest BCUT2D eigenvalue weighted by Gasteiger charge is -2.28. The monoisotopic (exact) mass is 461 g/mol. The van der Waals surface area contributed by atoms with E-state index in [4.69, 9.17) is 14.2 Å². The maximum absolute atomic E-state index is 13.5. The van der Waals surface area contributed by atoms with Gasteiger partial charge in [-0.1, -0.05) is 18.2 Å². The number of nitrogens with zero attached hydrogens (tertiary/aromatic N) is 2. The molecule has 7 heteroatoms. The highest BCUT2D eigenvalue weighted by Gasteiger charge is 2.29. The first-order chi connectivity index (χ1) is 16.4. The van der Waals surface area contributed by atoms with Crippen LogP contribution in [0.4, 0.5) is 17.1 Å². The fraction of sp³-hybridized carbons (Fsp3) is 0.333. The van der Waals surface area contributed by atoms with E-state index < -0.39 is 0 Å². The Labute approximate surface area is 200 Å². The zero-order valence-corrected chi connectivity index (χ0v) is 20.3. The van der Waals surface area contributed by atoms with Crippen molar-refractivity contribution in [2.75, 3.05) is 38.1 Å². The first kappa shape index (κ1) is 23.4. The largest absolute Gasteiger partial charge is 0.493 e. The Morgan fingerprint density at radius 1 is 1.00 bits per heavy atom. The Bertz CT molecular complexity index is 1180. The van der Waals surface area contributed by atoms with Crippen LogP contribution in [-0.4, -0.2) is 38.8 Å².